The lowest BCUT2D eigenvalue weighted by molar-refractivity contribution is -0.116. The first-order valence-electron chi connectivity index (χ1n) is 7.72. The van der Waals surface area contributed by atoms with Gasteiger partial charge in [0.1, 0.15) is 5.75 Å². The highest BCUT2D eigenvalue weighted by Gasteiger charge is 2.29. The van der Waals surface area contributed by atoms with E-state index in [2.05, 4.69) is 29.6 Å². The fourth-order valence-corrected chi connectivity index (χ4v) is 3.44. The van der Waals surface area contributed by atoms with Gasteiger partial charge < -0.3 is 10.1 Å². The van der Waals surface area contributed by atoms with Crippen LogP contribution < -0.4 is 10.1 Å². The number of hydrogen-bond acceptors (Lipinski definition) is 2. The summed E-state index contributed by atoms with van der Waals surface area (Å²) in [5.74, 6) is 0.885. The van der Waals surface area contributed by atoms with Crippen LogP contribution in [0.4, 0.5) is 5.69 Å². The van der Waals surface area contributed by atoms with Crippen molar-refractivity contribution in [3.8, 4) is 5.75 Å². The Morgan fingerprint density at radius 3 is 2.61 bits per heavy atom. The zero-order valence-electron chi connectivity index (χ0n) is 12.9. The Morgan fingerprint density at radius 2 is 1.74 bits per heavy atom. The zero-order chi connectivity index (χ0) is 15.8. The number of hydrogen-bond donors (Lipinski definition) is 1. The standard InChI is InChI=1S/C20H17NO2/c1-23-18-9-5-4-8-15(18)17-12-19(22)21-20-14-7-3-2-6-13(14)10-11-16(17)20/h2-11,17H,12H2,1H3,(H,21,22). The van der Waals surface area contributed by atoms with E-state index < -0.39 is 0 Å². The van der Waals surface area contributed by atoms with Crippen molar-refractivity contribution >= 4 is 22.4 Å². The molecule has 3 heteroatoms. The maximum atomic E-state index is 12.3. The topological polar surface area (TPSA) is 38.3 Å². The van der Waals surface area contributed by atoms with E-state index in [1.54, 1.807) is 7.11 Å². The van der Waals surface area contributed by atoms with Gasteiger partial charge in [0.05, 0.1) is 12.8 Å². The Bertz CT molecular complexity index is 901. The molecule has 0 saturated heterocycles. The van der Waals surface area contributed by atoms with Crippen LogP contribution in [-0.2, 0) is 4.79 Å². The molecule has 1 heterocycles. The van der Waals surface area contributed by atoms with Crippen LogP contribution in [0.1, 0.15) is 23.5 Å². The third-order valence-electron chi connectivity index (χ3n) is 4.50. The van der Waals surface area contributed by atoms with Crippen molar-refractivity contribution in [2.75, 3.05) is 12.4 Å². The van der Waals surface area contributed by atoms with Crippen LogP contribution in [0.25, 0.3) is 10.8 Å². The Morgan fingerprint density at radius 1 is 0.957 bits per heavy atom. The average molecular weight is 303 g/mol. The lowest BCUT2D eigenvalue weighted by Crippen LogP contribution is -2.24. The largest absolute Gasteiger partial charge is 0.496 e. The molecule has 0 spiro atoms. The molecule has 1 unspecified atom stereocenters. The first-order valence-corrected chi connectivity index (χ1v) is 7.72. The number of fused-ring (bicyclic) bond motifs is 3. The number of rotatable bonds is 2. The third kappa shape index (κ3) is 2.25. The summed E-state index contributed by atoms with van der Waals surface area (Å²) in [4.78, 5) is 12.3. The maximum Gasteiger partial charge on any atom is 0.225 e. The summed E-state index contributed by atoms with van der Waals surface area (Å²) in [5, 5.41) is 5.27. The molecule has 114 valence electrons. The summed E-state index contributed by atoms with van der Waals surface area (Å²) in [7, 11) is 1.67. The lowest BCUT2D eigenvalue weighted by atomic mass is 9.83. The van der Waals surface area contributed by atoms with Crippen molar-refractivity contribution in [2.24, 2.45) is 0 Å². The highest BCUT2D eigenvalue weighted by atomic mass is 16.5. The van der Waals surface area contributed by atoms with E-state index in [1.807, 2.05) is 36.4 Å². The molecule has 1 atom stereocenters. The molecule has 0 saturated carbocycles. The number of anilines is 1. The number of ether oxygens (including phenoxy) is 1. The minimum atomic E-state index is 0.0134. The maximum absolute atomic E-state index is 12.3. The molecule has 1 amide bonds. The van der Waals surface area contributed by atoms with E-state index in [9.17, 15) is 4.79 Å². The van der Waals surface area contributed by atoms with Crippen LogP contribution in [0.5, 0.6) is 5.75 Å². The number of amides is 1. The lowest BCUT2D eigenvalue weighted by Gasteiger charge is -2.28. The van der Waals surface area contributed by atoms with Gasteiger partial charge in [-0.1, -0.05) is 54.6 Å². The van der Waals surface area contributed by atoms with E-state index in [-0.39, 0.29) is 11.8 Å². The van der Waals surface area contributed by atoms with Crippen LogP contribution in [0, 0.1) is 0 Å². The second-order valence-corrected chi connectivity index (χ2v) is 5.80. The molecule has 0 bridgehead atoms. The molecule has 3 nitrogen and oxygen atoms in total. The number of para-hydroxylation sites is 1. The normalized spacial score (nSPS) is 16.7. The molecule has 23 heavy (non-hydrogen) atoms. The van der Waals surface area contributed by atoms with Gasteiger partial charge >= 0.3 is 0 Å². The number of carbonyl (C=O) groups excluding carboxylic acids is 1. The van der Waals surface area contributed by atoms with Gasteiger partial charge in [-0.05, 0) is 17.0 Å². The summed E-state index contributed by atoms with van der Waals surface area (Å²) >= 11 is 0. The quantitative estimate of drug-likeness (QED) is 0.765. The van der Waals surface area contributed by atoms with Gasteiger partial charge in [0, 0.05) is 23.3 Å². The molecule has 0 aromatic heterocycles. The minimum absolute atomic E-state index is 0.0134. The predicted molar refractivity (Wildman–Crippen MR) is 92.0 cm³/mol. The van der Waals surface area contributed by atoms with Crippen molar-refractivity contribution in [1.82, 2.24) is 0 Å². The molecule has 0 aliphatic carbocycles. The van der Waals surface area contributed by atoms with Crippen molar-refractivity contribution in [1.29, 1.82) is 0 Å². The summed E-state index contributed by atoms with van der Waals surface area (Å²) in [6, 6.07) is 20.3. The molecule has 1 aliphatic heterocycles. The van der Waals surface area contributed by atoms with Gasteiger partial charge in [0.15, 0.2) is 0 Å². The van der Waals surface area contributed by atoms with Crippen LogP contribution in [0.3, 0.4) is 0 Å². The molecule has 4 rings (SSSR count). The van der Waals surface area contributed by atoms with E-state index in [0.29, 0.717) is 6.42 Å². The number of carbonyl (C=O) groups is 1. The highest BCUT2D eigenvalue weighted by molar-refractivity contribution is 6.06. The summed E-state index contributed by atoms with van der Waals surface area (Å²) in [6.45, 7) is 0. The Balaban J connectivity index is 1.95. The van der Waals surface area contributed by atoms with Crippen LogP contribution >= 0.6 is 0 Å². The zero-order valence-corrected chi connectivity index (χ0v) is 12.9. The fourth-order valence-electron chi connectivity index (χ4n) is 3.44. The van der Waals surface area contributed by atoms with Crippen LogP contribution in [-0.4, -0.2) is 13.0 Å². The summed E-state index contributed by atoms with van der Waals surface area (Å²) in [6.07, 6.45) is 0.436. The summed E-state index contributed by atoms with van der Waals surface area (Å²) in [5.41, 5.74) is 3.13. The van der Waals surface area contributed by atoms with Crippen LogP contribution in [0.2, 0.25) is 0 Å². The van der Waals surface area contributed by atoms with E-state index >= 15 is 0 Å². The Hall–Kier alpha value is -2.81. The van der Waals surface area contributed by atoms with Gasteiger partial charge in [-0.3, -0.25) is 4.79 Å². The Kier molecular flexibility index (Phi) is 3.27. The van der Waals surface area contributed by atoms with Gasteiger partial charge in [0.25, 0.3) is 0 Å². The van der Waals surface area contributed by atoms with Crippen molar-refractivity contribution in [2.45, 2.75) is 12.3 Å². The van der Waals surface area contributed by atoms with Crippen LogP contribution in [0.15, 0.2) is 60.7 Å². The molecule has 1 aliphatic rings. The number of methoxy groups -OCH3 is 1. The van der Waals surface area contributed by atoms with Gasteiger partial charge in [-0.2, -0.15) is 0 Å². The second kappa shape index (κ2) is 5.43. The fraction of sp³-hybridized carbons (Fsp3) is 0.150. The molecule has 0 radical (unpaired) electrons. The monoisotopic (exact) mass is 303 g/mol. The Labute approximate surface area is 134 Å². The second-order valence-electron chi connectivity index (χ2n) is 5.80. The van der Waals surface area contributed by atoms with Gasteiger partial charge in [0.2, 0.25) is 5.91 Å². The minimum Gasteiger partial charge on any atom is -0.496 e. The number of benzene rings is 3. The van der Waals surface area contributed by atoms with Crippen molar-refractivity contribution in [3.63, 3.8) is 0 Å². The first-order chi connectivity index (χ1) is 11.3. The molecule has 1 N–H and O–H groups in total. The molecular weight excluding hydrogens is 286 g/mol. The van der Waals surface area contributed by atoms with Crippen molar-refractivity contribution in [3.05, 3.63) is 71.8 Å². The van der Waals surface area contributed by atoms with E-state index in [4.69, 9.17) is 4.74 Å². The first kappa shape index (κ1) is 13.8. The van der Waals surface area contributed by atoms with Gasteiger partial charge in [-0.25, -0.2) is 0 Å². The van der Waals surface area contributed by atoms with E-state index in [0.717, 1.165) is 33.3 Å². The molecular formula is C20H17NO2. The van der Waals surface area contributed by atoms with E-state index in [1.165, 1.54) is 0 Å². The third-order valence-corrected chi connectivity index (χ3v) is 4.50. The molecule has 0 fully saturated rings. The molecule has 3 aromatic rings. The molecule has 3 aromatic carbocycles. The summed E-state index contributed by atoms with van der Waals surface area (Å²) < 4.78 is 5.50. The van der Waals surface area contributed by atoms with Gasteiger partial charge in [-0.15, -0.1) is 0 Å². The smallest absolute Gasteiger partial charge is 0.225 e. The predicted octanol–water partition coefficient (Wildman–Crippen LogP) is 4.32. The average Bonchev–Trinajstić information content (AvgIpc) is 2.61. The van der Waals surface area contributed by atoms with Crippen molar-refractivity contribution < 1.29 is 9.53 Å². The SMILES string of the molecule is COc1ccccc1C1CC(=O)Nc2c1ccc1ccccc21. The highest BCUT2D eigenvalue weighted by Crippen LogP contribution is 2.43. The number of nitrogens with one attached hydrogen (secondary N) is 1.